The molecule has 2 aliphatic rings. The lowest BCUT2D eigenvalue weighted by molar-refractivity contribution is -0.00189. The quantitative estimate of drug-likeness (QED) is 0.390. The van der Waals surface area contributed by atoms with Crippen LogP contribution >= 0.6 is 0 Å². The molecule has 0 amide bonds. The Hall–Kier alpha value is -3.29. The van der Waals surface area contributed by atoms with E-state index in [1.54, 1.807) is 12.1 Å². The smallest absolute Gasteiger partial charge is 0.193 e. The van der Waals surface area contributed by atoms with Crippen LogP contribution in [0.25, 0.3) is 0 Å². The van der Waals surface area contributed by atoms with Gasteiger partial charge in [0.25, 0.3) is 0 Å². The van der Waals surface area contributed by atoms with Crippen molar-refractivity contribution in [2.75, 3.05) is 25.0 Å². The van der Waals surface area contributed by atoms with Crippen LogP contribution in [0.15, 0.2) is 54.6 Å². The Morgan fingerprint density at radius 3 is 2.56 bits per heavy atom. The number of hydrogen-bond acceptors (Lipinski definition) is 5. The van der Waals surface area contributed by atoms with Gasteiger partial charge in [0.2, 0.25) is 0 Å². The summed E-state index contributed by atoms with van der Waals surface area (Å²) >= 11 is 0. The number of aliphatic hydroxyl groups is 1. The Morgan fingerprint density at radius 1 is 0.944 bits per heavy atom. The summed E-state index contributed by atoms with van der Waals surface area (Å²) < 4.78 is 33.2. The van der Waals surface area contributed by atoms with Gasteiger partial charge in [-0.1, -0.05) is 6.07 Å². The number of aryl methyl sites for hydroxylation is 2. The Labute approximate surface area is 209 Å². The highest BCUT2D eigenvalue weighted by Crippen LogP contribution is 2.31. The number of carbonyl (C=O) groups is 1. The average molecular weight is 493 g/mol. The van der Waals surface area contributed by atoms with Crippen LogP contribution in [0.5, 0.6) is 5.75 Å². The Bertz CT molecular complexity index is 1270. The molecule has 0 spiro atoms. The number of carbonyl (C=O) groups excluding carboxylic acids is 1. The molecule has 36 heavy (non-hydrogen) atoms. The maximum atomic E-state index is 14.1. The zero-order chi connectivity index (χ0) is 25.1. The fraction of sp³-hybridized carbons (Fsp3) is 0.345. The number of piperidine rings is 1. The molecule has 0 aromatic heterocycles. The first-order valence-electron chi connectivity index (χ1n) is 12.5. The van der Waals surface area contributed by atoms with Crippen molar-refractivity contribution >= 4 is 17.2 Å². The number of ketones is 1. The number of benzene rings is 3. The number of hydrogen-bond donors (Lipinski definition) is 3. The van der Waals surface area contributed by atoms with E-state index in [4.69, 9.17) is 4.74 Å². The molecule has 1 aliphatic heterocycles. The molecule has 7 heteroatoms. The molecule has 3 aromatic rings. The van der Waals surface area contributed by atoms with Crippen LogP contribution in [0.3, 0.4) is 0 Å². The number of rotatable bonds is 7. The summed E-state index contributed by atoms with van der Waals surface area (Å²) in [6.45, 7) is 2.16. The van der Waals surface area contributed by atoms with Crippen LogP contribution < -0.4 is 15.4 Å². The highest BCUT2D eigenvalue weighted by molar-refractivity contribution is 6.11. The molecule has 1 heterocycles. The van der Waals surface area contributed by atoms with Crippen LogP contribution in [-0.2, 0) is 12.8 Å². The first-order valence-corrected chi connectivity index (χ1v) is 12.5. The molecule has 0 unspecified atom stereocenters. The lowest BCUT2D eigenvalue weighted by Crippen LogP contribution is -2.41. The third kappa shape index (κ3) is 5.42. The van der Waals surface area contributed by atoms with Gasteiger partial charge in [0, 0.05) is 22.9 Å². The third-order valence-corrected chi connectivity index (χ3v) is 7.14. The molecule has 3 aromatic carbocycles. The Balaban J connectivity index is 1.26. The van der Waals surface area contributed by atoms with Gasteiger partial charge in [-0.25, -0.2) is 8.78 Å². The first-order chi connectivity index (χ1) is 17.4. The van der Waals surface area contributed by atoms with Crippen molar-refractivity contribution in [2.45, 2.75) is 44.1 Å². The van der Waals surface area contributed by atoms with Crippen molar-refractivity contribution in [1.82, 2.24) is 5.32 Å². The maximum Gasteiger partial charge on any atom is 0.193 e. The highest BCUT2D eigenvalue weighted by Gasteiger charge is 2.28. The Morgan fingerprint density at radius 2 is 1.75 bits per heavy atom. The molecule has 0 saturated carbocycles. The number of halogens is 2. The molecular weight excluding hydrogens is 462 g/mol. The minimum atomic E-state index is -0.675. The molecule has 1 saturated heterocycles. The average Bonchev–Trinajstić information content (AvgIpc) is 3.00. The van der Waals surface area contributed by atoms with Crippen molar-refractivity contribution in [3.63, 3.8) is 0 Å². The lowest BCUT2D eigenvalue weighted by atomic mass is 9.88. The maximum absolute atomic E-state index is 14.1. The van der Waals surface area contributed by atoms with Crippen LogP contribution in [-0.4, -0.2) is 36.2 Å². The zero-order valence-corrected chi connectivity index (χ0v) is 20.1. The van der Waals surface area contributed by atoms with Crippen molar-refractivity contribution in [1.29, 1.82) is 0 Å². The second-order valence-electron chi connectivity index (χ2n) is 9.70. The number of nitrogens with one attached hydrogen (secondary N) is 2. The van der Waals surface area contributed by atoms with Gasteiger partial charge in [0.15, 0.2) is 5.78 Å². The number of anilines is 2. The van der Waals surface area contributed by atoms with E-state index in [1.165, 1.54) is 12.1 Å². The molecule has 1 aliphatic carbocycles. The predicted octanol–water partition coefficient (Wildman–Crippen LogP) is 5.31. The van der Waals surface area contributed by atoms with Crippen LogP contribution in [0, 0.1) is 11.6 Å². The zero-order valence-electron chi connectivity index (χ0n) is 20.1. The van der Waals surface area contributed by atoms with E-state index >= 15 is 0 Å². The standard InChI is InChI=1S/C29H30F2N2O3/c30-21-5-9-27(26(31)17-21)33-22-6-8-24-20(16-22)3-2-19-4-7-23(18-25(19)28(24)34)36-15-1-10-29(35)11-13-32-14-12-29/h4-9,16-18,32-33,35H,1-3,10-15H2. The SMILES string of the molecule is O=C1c2ccc(Nc3ccc(F)cc3F)cc2CCc2ccc(OCCCC3(O)CCNCC3)cc21. The number of ether oxygens (including phenoxy) is 1. The van der Waals surface area contributed by atoms with Gasteiger partial charge in [-0.15, -0.1) is 0 Å². The summed E-state index contributed by atoms with van der Waals surface area (Å²) in [5, 5.41) is 16.9. The topological polar surface area (TPSA) is 70.6 Å². The van der Waals surface area contributed by atoms with Crippen LogP contribution in [0.4, 0.5) is 20.2 Å². The summed E-state index contributed by atoms with van der Waals surface area (Å²) in [6.07, 6.45) is 4.33. The van der Waals surface area contributed by atoms with Crippen molar-refractivity contribution in [3.05, 3.63) is 88.5 Å². The van der Waals surface area contributed by atoms with Crippen molar-refractivity contribution in [2.24, 2.45) is 0 Å². The van der Waals surface area contributed by atoms with E-state index in [0.717, 1.165) is 49.5 Å². The molecule has 1 fully saturated rings. The third-order valence-electron chi connectivity index (χ3n) is 7.14. The van der Waals surface area contributed by atoms with E-state index in [0.29, 0.717) is 48.4 Å². The van der Waals surface area contributed by atoms with E-state index < -0.39 is 17.2 Å². The largest absolute Gasteiger partial charge is 0.494 e. The van der Waals surface area contributed by atoms with Crippen LogP contribution in [0.2, 0.25) is 0 Å². The van der Waals surface area contributed by atoms with Gasteiger partial charge in [-0.05, 0) is 105 Å². The second-order valence-corrected chi connectivity index (χ2v) is 9.70. The minimum absolute atomic E-state index is 0.0634. The minimum Gasteiger partial charge on any atom is -0.494 e. The molecule has 5 nitrogen and oxygen atoms in total. The van der Waals surface area contributed by atoms with Gasteiger partial charge >= 0.3 is 0 Å². The van der Waals surface area contributed by atoms with Gasteiger partial charge in [0.05, 0.1) is 17.9 Å². The van der Waals surface area contributed by atoms with E-state index in [2.05, 4.69) is 10.6 Å². The summed E-state index contributed by atoms with van der Waals surface area (Å²) in [7, 11) is 0. The van der Waals surface area contributed by atoms with Crippen molar-refractivity contribution in [3.8, 4) is 5.75 Å². The van der Waals surface area contributed by atoms with Gasteiger partial charge < -0.3 is 20.5 Å². The van der Waals surface area contributed by atoms with E-state index in [9.17, 15) is 18.7 Å². The summed E-state index contributed by atoms with van der Waals surface area (Å²) in [4.78, 5) is 13.4. The molecular formula is C29H30F2N2O3. The molecule has 0 bridgehead atoms. The van der Waals surface area contributed by atoms with Gasteiger partial charge in [-0.2, -0.15) is 0 Å². The first kappa shape index (κ1) is 24.4. The fourth-order valence-electron chi connectivity index (χ4n) is 5.07. The fourth-order valence-corrected chi connectivity index (χ4v) is 5.07. The predicted molar refractivity (Wildman–Crippen MR) is 135 cm³/mol. The van der Waals surface area contributed by atoms with Crippen LogP contribution in [0.1, 0.15) is 52.7 Å². The lowest BCUT2D eigenvalue weighted by Gasteiger charge is -2.32. The van der Waals surface area contributed by atoms with E-state index in [-0.39, 0.29) is 11.5 Å². The molecule has 5 rings (SSSR count). The van der Waals surface area contributed by atoms with Gasteiger partial charge in [0.1, 0.15) is 17.4 Å². The van der Waals surface area contributed by atoms with E-state index in [1.807, 2.05) is 24.3 Å². The van der Waals surface area contributed by atoms with Gasteiger partial charge in [-0.3, -0.25) is 4.79 Å². The molecule has 3 N–H and O–H groups in total. The molecule has 0 radical (unpaired) electrons. The summed E-state index contributed by atoms with van der Waals surface area (Å²) in [5.74, 6) is -0.726. The molecule has 0 atom stereocenters. The summed E-state index contributed by atoms with van der Waals surface area (Å²) in [5.41, 5.74) is 3.29. The summed E-state index contributed by atoms with van der Waals surface area (Å²) in [6, 6.07) is 14.4. The highest BCUT2D eigenvalue weighted by atomic mass is 19.1. The van der Waals surface area contributed by atoms with Crippen molar-refractivity contribution < 1.29 is 23.4 Å². The Kier molecular flexibility index (Phi) is 7.03. The second kappa shape index (κ2) is 10.4. The monoisotopic (exact) mass is 492 g/mol. The number of fused-ring (bicyclic) bond motifs is 2. The molecule has 188 valence electrons. The normalized spacial score (nSPS) is 16.6.